The van der Waals surface area contributed by atoms with Crippen LogP contribution < -0.4 is 4.74 Å². The Hall–Kier alpha value is -1.63. The molecule has 1 heterocycles. The highest BCUT2D eigenvalue weighted by molar-refractivity contribution is 5.77. The van der Waals surface area contributed by atoms with Crippen LogP contribution in [0.15, 0.2) is 24.3 Å². The van der Waals surface area contributed by atoms with Gasteiger partial charge in [0, 0.05) is 25.7 Å². The molecular weight excluding hydrogens is 332 g/mol. The second-order valence-electron chi connectivity index (χ2n) is 7.26. The third kappa shape index (κ3) is 5.19. The van der Waals surface area contributed by atoms with Gasteiger partial charge in [0.05, 0.1) is 19.3 Å². The van der Waals surface area contributed by atoms with E-state index >= 15 is 0 Å². The van der Waals surface area contributed by atoms with Gasteiger partial charge in [0.2, 0.25) is 0 Å². The minimum Gasteiger partial charge on any atom is -0.484 e. The maximum atomic E-state index is 12.1. The van der Waals surface area contributed by atoms with Crippen LogP contribution >= 0.6 is 0 Å². The van der Waals surface area contributed by atoms with Gasteiger partial charge in [0.25, 0.3) is 5.91 Å². The number of carbonyl (C=O) groups is 1. The summed E-state index contributed by atoms with van der Waals surface area (Å²) in [6, 6.07) is 8.12. The highest BCUT2D eigenvalue weighted by Crippen LogP contribution is 2.24. The van der Waals surface area contributed by atoms with E-state index in [0.29, 0.717) is 32.1 Å². The largest absolute Gasteiger partial charge is 0.484 e. The van der Waals surface area contributed by atoms with Crippen LogP contribution in [0.4, 0.5) is 0 Å². The van der Waals surface area contributed by atoms with Crippen LogP contribution in [-0.4, -0.2) is 72.9 Å². The molecule has 6 nitrogen and oxygen atoms in total. The molecule has 2 atom stereocenters. The standard InChI is InChI=1S/C20H30N2O4/c1-21(18-4-2-3-5-19(18)23)14-16-6-8-17(9-7-16)26-15-20(24)22-10-12-25-13-11-22/h6-9,18-19,23H,2-5,10-15H2,1H3/t18-,19+/m1/s1. The normalized spacial score (nSPS) is 23.9. The molecule has 0 aromatic heterocycles. The third-order valence-corrected chi connectivity index (χ3v) is 5.34. The fraction of sp³-hybridized carbons (Fsp3) is 0.650. The molecule has 2 fully saturated rings. The number of hydrogen-bond donors (Lipinski definition) is 1. The smallest absolute Gasteiger partial charge is 0.260 e. The summed E-state index contributed by atoms with van der Waals surface area (Å²) in [5, 5.41) is 10.2. The van der Waals surface area contributed by atoms with Crippen LogP contribution in [0.5, 0.6) is 5.75 Å². The van der Waals surface area contributed by atoms with Crippen molar-refractivity contribution in [1.82, 2.24) is 9.80 Å². The van der Waals surface area contributed by atoms with Gasteiger partial charge in [0.1, 0.15) is 5.75 Å². The molecule has 1 aliphatic carbocycles. The Kier molecular flexibility index (Phi) is 6.88. The Bertz CT molecular complexity index is 572. The molecule has 1 saturated carbocycles. The molecular formula is C20H30N2O4. The van der Waals surface area contributed by atoms with Crippen molar-refractivity contribution in [2.45, 2.75) is 44.4 Å². The van der Waals surface area contributed by atoms with Crippen molar-refractivity contribution in [2.75, 3.05) is 40.0 Å². The van der Waals surface area contributed by atoms with Crippen LogP contribution in [0.1, 0.15) is 31.2 Å². The van der Waals surface area contributed by atoms with Crippen molar-refractivity contribution in [1.29, 1.82) is 0 Å². The van der Waals surface area contributed by atoms with E-state index in [9.17, 15) is 9.90 Å². The predicted molar refractivity (Wildman–Crippen MR) is 99.1 cm³/mol. The van der Waals surface area contributed by atoms with Crippen molar-refractivity contribution in [3.05, 3.63) is 29.8 Å². The zero-order valence-electron chi connectivity index (χ0n) is 15.6. The van der Waals surface area contributed by atoms with Crippen LogP contribution in [0, 0.1) is 0 Å². The van der Waals surface area contributed by atoms with Crippen LogP contribution in [0.3, 0.4) is 0 Å². The van der Waals surface area contributed by atoms with E-state index < -0.39 is 0 Å². The van der Waals surface area contributed by atoms with E-state index in [1.165, 1.54) is 12.0 Å². The Morgan fingerprint density at radius 2 is 1.92 bits per heavy atom. The number of amides is 1. The van der Waals surface area contributed by atoms with Crippen molar-refractivity contribution >= 4 is 5.91 Å². The minimum absolute atomic E-state index is 0.00314. The van der Waals surface area contributed by atoms with Gasteiger partial charge >= 0.3 is 0 Å². The summed E-state index contributed by atoms with van der Waals surface area (Å²) in [6.07, 6.45) is 4.06. The zero-order valence-corrected chi connectivity index (χ0v) is 15.6. The first-order valence-electron chi connectivity index (χ1n) is 9.59. The molecule has 0 spiro atoms. The lowest BCUT2D eigenvalue weighted by atomic mass is 9.91. The van der Waals surface area contributed by atoms with E-state index in [0.717, 1.165) is 25.8 Å². The molecule has 0 radical (unpaired) electrons. The molecule has 1 aromatic rings. The fourth-order valence-electron chi connectivity index (χ4n) is 3.75. The molecule has 0 unspecified atom stereocenters. The van der Waals surface area contributed by atoms with Crippen molar-refractivity contribution in [3.8, 4) is 5.75 Å². The molecule has 144 valence electrons. The van der Waals surface area contributed by atoms with Gasteiger partial charge < -0.3 is 19.5 Å². The molecule has 1 amide bonds. The van der Waals surface area contributed by atoms with E-state index in [1.807, 2.05) is 24.3 Å². The minimum atomic E-state index is -0.220. The fourth-order valence-corrected chi connectivity index (χ4v) is 3.75. The number of ether oxygens (including phenoxy) is 2. The van der Waals surface area contributed by atoms with Gasteiger partial charge in [-0.15, -0.1) is 0 Å². The van der Waals surface area contributed by atoms with Gasteiger partial charge in [-0.2, -0.15) is 0 Å². The summed E-state index contributed by atoms with van der Waals surface area (Å²) in [5.41, 5.74) is 1.18. The van der Waals surface area contributed by atoms with Crippen molar-refractivity contribution < 1.29 is 19.4 Å². The summed E-state index contributed by atoms with van der Waals surface area (Å²) < 4.78 is 10.9. The van der Waals surface area contributed by atoms with Crippen molar-refractivity contribution in [3.63, 3.8) is 0 Å². The first kappa shape index (κ1) is 19.1. The summed E-state index contributed by atoms with van der Waals surface area (Å²) in [7, 11) is 2.07. The average Bonchev–Trinajstić information content (AvgIpc) is 2.68. The Morgan fingerprint density at radius 3 is 2.62 bits per heavy atom. The van der Waals surface area contributed by atoms with E-state index in [4.69, 9.17) is 9.47 Å². The monoisotopic (exact) mass is 362 g/mol. The molecule has 26 heavy (non-hydrogen) atoms. The SMILES string of the molecule is CN(Cc1ccc(OCC(=O)N2CCOCC2)cc1)[C@@H]1CCCC[C@@H]1O. The molecule has 1 aromatic carbocycles. The van der Waals surface area contributed by atoms with E-state index in [1.54, 1.807) is 4.90 Å². The maximum Gasteiger partial charge on any atom is 0.260 e. The van der Waals surface area contributed by atoms with Gasteiger partial charge in [-0.1, -0.05) is 25.0 Å². The maximum absolute atomic E-state index is 12.1. The summed E-state index contributed by atoms with van der Waals surface area (Å²) >= 11 is 0. The lowest BCUT2D eigenvalue weighted by molar-refractivity contribution is -0.137. The summed E-state index contributed by atoms with van der Waals surface area (Å²) in [6.45, 7) is 3.34. The molecule has 2 aliphatic rings. The van der Waals surface area contributed by atoms with Gasteiger partial charge in [0.15, 0.2) is 6.61 Å². The quantitative estimate of drug-likeness (QED) is 0.834. The molecule has 3 rings (SSSR count). The predicted octanol–water partition coefficient (Wildman–Crippen LogP) is 1.66. The highest BCUT2D eigenvalue weighted by atomic mass is 16.5. The number of benzene rings is 1. The first-order valence-corrected chi connectivity index (χ1v) is 9.59. The number of aliphatic hydroxyl groups is 1. The topological polar surface area (TPSA) is 62.2 Å². The van der Waals surface area contributed by atoms with Gasteiger partial charge in [-0.05, 0) is 37.6 Å². The molecule has 1 N–H and O–H groups in total. The first-order chi connectivity index (χ1) is 12.6. The number of likely N-dealkylation sites (N-methyl/N-ethyl adjacent to an activating group) is 1. The van der Waals surface area contributed by atoms with Gasteiger partial charge in [-0.3, -0.25) is 9.69 Å². The number of carbonyl (C=O) groups excluding carboxylic acids is 1. The summed E-state index contributed by atoms with van der Waals surface area (Å²) in [5.74, 6) is 0.708. The average molecular weight is 362 g/mol. The van der Waals surface area contributed by atoms with E-state index in [-0.39, 0.29) is 24.7 Å². The molecule has 0 bridgehead atoms. The third-order valence-electron chi connectivity index (χ3n) is 5.34. The second-order valence-corrected chi connectivity index (χ2v) is 7.26. The van der Waals surface area contributed by atoms with Crippen LogP contribution in [0.25, 0.3) is 0 Å². The number of aliphatic hydroxyl groups excluding tert-OH is 1. The second kappa shape index (κ2) is 9.35. The molecule has 6 heteroatoms. The van der Waals surface area contributed by atoms with Crippen LogP contribution in [-0.2, 0) is 16.1 Å². The molecule has 1 saturated heterocycles. The Balaban J connectivity index is 1.46. The molecule has 1 aliphatic heterocycles. The Labute approximate surface area is 155 Å². The number of hydrogen-bond acceptors (Lipinski definition) is 5. The number of morpholine rings is 1. The number of nitrogens with zero attached hydrogens (tertiary/aromatic N) is 2. The zero-order chi connectivity index (χ0) is 18.4. The van der Waals surface area contributed by atoms with Crippen LogP contribution in [0.2, 0.25) is 0 Å². The van der Waals surface area contributed by atoms with E-state index in [2.05, 4.69) is 11.9 Å². The Morgan fingerprint density at radius 1 is 1.23 bits per heavy atom. The summed E-state index contributed by atoms with van der Waals surface area (Å²) in [4.78, 5) is 16.1. The highest BCUT2D eigenvalue weighted by Gasteiger charge is 2.26. The van der Waals surface area contributed by atoms with Gasteiger partial charge in [-0.25, -0.2) is 0 Å². The van der Waals surface area contributed by atoms with Crippen molar-refractivity contribution in [2.24, 2.45) is 0 Å². The lowest BCUT2D eigenvalue weighted by Crippen LogP contribution is -2.43. The number of rotatable bonds is 6. The lowest BCUT2D eigenvalue weighted by Gasteiger charge is -2.35.